The Morgan fingerprint density at radius 1 is 0.882 bits per heavy atom. The van der Waals surface area contributed by atoms with Crippen molar-refractivity contribution in [3.8, 4) is 39.9 Å². The van der Waals surface area contributed by atoms with Crippen molar-refractivity contribution in [3.05, 3.63) is 93.2 Å². The van der Waals surface area contributed by atoms with Gasteiger partial charge in [-0.15, -0.1) is 0 Å². The van der Waals surface area contributed by atoms with Crippen molar-refractivity contribution in [2.24, 2.45) is 7.05 Å². The van der Waals surface area contributed by atoms with Gasteiger partial charge in [0, 0.05) is 18.2 Å². The van der Waals surface area contributed by atoms with Crippen LogP contribution in [-0.2, 0) is 7.05 Å². The third kappa shape index (κ3) is 3.73. The molecule has 34 heavy (non-hydrogen) atoms. The summed E-state index contributed by atoms with van der Waals surface area (Å²) in [5, 5.41) is 6.95. The minimum atomic E-state index is -0.630. The first-order valence-corrected chi connectivity index (χ1v) is 11.2. The summed E-state index contributed by atoms with van der Waals surface area (Å²) < 4.78 is 33.1. The van der Waals surface area contributed by atoms with Crippen LogP contribution in [0.25, 0.3) is 39.9 Å². The molecule has 0 saturated carbocycles. The van der Waals surface area contributed by atoms with E-state index in [0.29, 0.717) is 33.4 Å². The van der Waals surface area contributed by atoms with E-state index in [2.05, 4.69) is 10.2 Å². The summed E-state index contributed by atoms with van der Waals surface area (Å²) in [4.78, 5) is 4.87. The normalized spacial score (nSPS) is 11.2. The number of nitrogens with zero attached hydrogens (tertiary/aromatic N) is 4. The number of imidazole rings is 1. The third-order valence-corrected chi connectivity index (χ3v) is 6.31. The van der Waals surface area contributed by atoms with Crippen molar-refractivity contribution in [2.45, 2.75) is 0 Å². The van der Waals surface area contributed by atoms with Crippen molar-refractivity contribution < 1.29 is 8.78 Å². The SMILES string of the molecule is Cn1c(-c2nc(-c3ccccc3)n(-c3cccc(Cl)c3F)c2-c2ccc(F)c(Cl)c2)n[nH]c1=S. The highest BCUT2D eigenvalue weighted by atomic mass is 35.5. The molecule has 5 aromatic rings. The van der Waals surface area contributed by atoms with Crippen molar-refractivity contribution in [3.63, 3.8) is 0 Å². The minimum Gasteiger partial charge on any atom is -0.302 e. The second kappa shape index (κ2) is 8.79. The Hall–Kier alpha value is -3.33. The van der Waals surface area contributed by atoms with E-state index in [4.69, 9.17) is 40.4 Å². The Labute approximate surface area is 208 Å². The summed E-state index contributed by atoms with van der Waals surface area (Å²) in [6.07, 6.45) is 0. The first kappa shape index (κ1) is 22.5. The molecule has 170 valence electrons. The third-order valence-electron chi connectivity index (χ3n) is 5.37. The first-order chi connectivity index (χ1) is 16.4. The van der Waals surface area contributed by atoms with Crippen LogP contribution in [0.3, 0.4) is 0 Å². The quantitative estimate of drug-likeness (QED) is 0.257. The Morgan fingerprint density at radius 2 is 1.65 bits per heavy atom. The van der Waals surface area contributed by atoms with Gasteiger partial charge in [-0.2, -0.15) is 5.10 Å². The molecule has 5 nitrogen and oxygen atoms in total. The Kier molecular flexibility index (Phi) is 5.81. The topological polar surface area (TPSA) is 51.4 Å². The highest BCUT2D eigenvalue weighted by molar-refractivity contribution is 7.71. The van der Waals surface area contributed by atoms with Crippen LogP contribution in [0.5, 0.6) is 0 Å². The van der Waals surface area contributed by atoms with Gasteiger partial charge in [-0.1, -0.05) is 59.6 Å². The van der Waals surface area contributed by atoms with Crippen LogP contribution in [0.2, 0.25) is 10.0 Å². The second-order valence-corrected chi connectivity index (χ2v) is 8.65. The molecule has 0 atom stereocenters. The van der Waals surface area contributed by atoms with Crippen molar-refractivity contribution in [1.29, 1.82) is 0 Å². The summed E-state index contributed by atoms with van der Waals surface area (Å²) in [5.41, 5.74) is 2.23. The molecule has 1 N–H and O–H groups in total. The summed E-state index contributed by atoms with van der Waals surface area (Å²) in [6, 6.07) is 18.3. The van der Waals surface area contributed by atoms with E-state index in [1.807, 2.05) is 30.3 Å². The Morgan fingerprint density at radius 3 is 2.32 bits per heavy atom. The van der Waals surface area contributed by atoms with Gasteiger partial charge in [0.2, 0.25) is 0 Å². The van der Waals surface area contributed by atoms with E-state index in [0.717, 1.165) is 5.56 Å². The minimum absolute atomic E-state index is 0.0481. The molecule has 0 aliphatic heterocycles. The fraction of sp³-hybridized carbons (Fsp3) is 0.0417. The zero-order valence-corrected chi connectivity index (χ0v) is 19.9. The molecule has 3 aromatic carbocycles. The van der Waals surface area contributed by atoms with Gasteiger partial charge in [-0.05, 0) is 42.5 Å². The van der Waals surface area contributed by atoms with Gasteiger partial charge >= 0.3 is 0 Å². The van der Waals surface area contributed by atoms with Gasteiger partial charge < -0.3 is 4.57 Å². The lowest BCUT2D eigenvalue weighted by Gasteiger charge is -2.15. The van der Waals surface area contributed by atoms with Gasteiger partial charge in [0.25, 0.3) is 0 Å². The molecule has 0 aliphatic carbocycles. The molecule has 10 heteroatoms. The van der Waals surface area contributed by atoms with Crippen LogP contribution in [0.4, 0.5) is 8.78 Å². The number of hydrogen-bond donors (Lipinski definition) is 1. The van der Waals surface area contributed by atoms with Crippen LogP contribution in [0.1, 0.15) is 0 Å². The summed E-state index contributed by atoms with van der Waals surface area (Å²) >= 11 is 17.6. The van der Waals surface area contributed by atoms with Gasteiger partial charge in [-0.3, -0.25) is 9.67 Å². The van der Waals surface area contributed by atoms with Crippen LogP contribution < -0.4 is 0 Å². The average molecular weight is 514 g/mol. The molecular weight excluding hydrogens is 499 g/mol. The fourth-order valence-electron chi connectivity index (χ4n) is 3.73. The van der Waals surface area contributed by atoms with E-state index in [1.165, 1.54) is 18.2 Å². The van der Waals surface area contributed by atoms with Crippen molar-refractivity contribution >= 4 is 35.4 Å². The molecule has 0 bridgehead atoms. The van der Waals surface area contributed by atoms with E-state index in [1.54, 1.807) is 34.4 Å². The molecule has 5 rings (SSSR count). The summed E-state index contributed by atoms with van der Waals surface area (Å²) in [5.74, 6) is -0.358. The van der Waals surface area contributed by atoms with Gasteiger partial charge in [0.05, 0.1) is 21.4 Å². The van der Waals surface area contributed by atoms with E-state index in [9.17, 15) is 4.39 Å². The lowest BCUT2D eigenvalue weighted by atomic mass is 10.1. The van der Waals surface area contributed by atoms with Gasteiger partial charge in [-0.25, -0.2) is 13.8 Å². The van der Waals surface area contributed by atoms with Crippen LogP contribution >= 0.6 is 35.4 Å². The van der Waals surface area contributed by atoms with Crippen molar-refractivity contribution in [1.82, 2.24) is 24.3 Å². The molecule has 0 unspecified atom stereocenters. The standard InChI is InChI=1S/C24H15Cl2F2N5S/c1-32-23(30-31-24(32)34)20-21(14-10-11-17(27)16(26)12-14)33(18-9-5-8-15(25)19(18)28)22(29-20)13-6-3-2-4-7-13/h2-12H,1H3,(H,31,34). The molecule has 0 aliphatic rings. The molecule has 2 heterocycles. The molecule has 0 radical (unpaired) electrons. The monoisotopic (exact) mass is 513 g/mol. The van der Waals surface area contributed by atoms with E-state index in [-0.39, 0.29) is 15.7 Å². The predicted octanol–water partition coefficient (Wildman–Crippen LogP) is 7.25. The zero-order chi connectivity index (χ0) is 24.0. The molecule has 0 fully saturated rings. The van der Waals surface area contributed by atoms with E-state index >= 15 is 4.39 Å². The number of rotatable bonds is 4. The Balaban J connectivity index is 1.96. The summed E-state index contributed by atoms with van der Waals surface area (Å²) in [7, 11) is 1.74. The average Bonchev–Trinajstić information content (AvgIpc) is 3.38. The van der Waals surface area contributed by atoms with Crippen molar-refractivity contribution in [2.75, 3.05) is 0 Å². The molecule has 2 aromatic heterocycles. The lowest BCUT2D eigenvalue weighted by molar-refractivity contribution is 0.619. The molecule has 0 spiro atoms. The number of halogens is 4. The molecule has 0 saturated heterocycles. The Bertz CT molecular complexity index is 1590. The van der Waals surface area contributed by atoms with Gasteiger partial charge in [0.1, 0.15) is 17.3 Å². The number of benzene rings is 3. The number of aromatic nitrogens is 5. The largest absolute Gasteiger partial charge is 0.302 e. The van der Waals surface area contributed by atoms with Crippen LogP contribution in [-0.4, -0.2) is 24.3 Å². The molecule has 0 amide bonds. The highest BCUT2D eigenvalue weighted by Gasteiger charge is 2.27. The maximum atomic E-state index is 15.4. The highest BCUT2D eigenvalue weighted by Crippen LogP contribution is 2.40. The van der Waals surface area contributed by atoms with E-state index < -0.39 is 11.6 Å². The predicted molar refractivity (Wildman–Crippen MR) is 132 cm³/mol. The maximum Gasteiger partial charge on any atom is 0.195 e. The number of aromatic amines is 1. The number of nitrogens with one attached hydrogen (secondary N) is 1. The summed E-state index contributed by atoms with van der Waals surface area (Å²) in [6.45, 7) is 0. The fourth-order valence-corrected chi connectivity index (χ4v) is 4.21. The number of H-pyrrole nitrogens is 1. The van der Waals surface area contributed by atoms with Crippen LogP contribution in [0, 0.1) is 16.4 Å². The second-order valence-electron chi connectivity index (χ2n) is 7.45. The maximum absolute atomic E-state index is 15.4. The number of hydrogen-bond acceptors (Lipinski definition) is 3. The first-order valence-electron chi connectivity index (χ1n) is 10.1. The zero-order valence-electron chi connectivity index (χ0n) is 17.6. The van der Waals surface area contributed by atoms with Gasteiger partial charge in [0.15, 0.2) is 16.4 Å². The molecular formula is C24H15Cl2F2N5S. The van der Waals surface area contributed by atoms with Crippen LogP contribution in [0.15, 0.2) is 66.7 Å². The smallest absolute Gasteiger partial charge is 0.195 e. The lowest BCUT2D eigenvalue weighted by Crippen LogP contribution is -2.04.